The van der Waals surface area contributed by atoms with Crippen molar-refractivity contribution in [3.8, 4) is 0 Å². The number of carbonyl (C=O) groups excluding carboxylic acids is 1. The number of thiophene rings is 1. The van der Waals surface area contributed by atoms with Crippen LogP contribution in [0.15, 0.2) is 35.2 Å². The summed E-state index contributed by atoms with van der Waals surface area (Å²) in [6.07, 6.45) is 1.63. The molecule has 0 atom stereocenters. The Morgan fingerprint density at radius 1 is 1.41 bits per heavy atom. The quantitative estimate of drug-likeness (QED) is 0.834. The molecule has 2 rings (SSSR count). The zero-order valence-corrected chi connectivity index (χ0v) is 10.7. The standard InChI is InChI=1S/C13H14N2OS/c1-10-3-4-12(7-14-10)13(16)15(2)8-11-5-6-17-9-11/h3-7,9H,8H2,1-2H3. The summed E-state index contributed by atoms with van der Waals surface area (Å²) < 4.78 is 0. The molecule has 0 N–H and O–H groups in total. The van der Waals surface area contributed by atoms with Gasteiger partial charge in [0.1, 0.15) is 0 Å². The highest BCUT2D eigenvalue weighted by molar-refractivity contribution is 7.07. The van der Waals surface area contributed by atoms with Gasteiger partial charge in [-0.25, -0.2) is 0 Å². The van der Waals surface area contributed by atoms with Gasteiger partial charge in [-0.05, 0) is 41.4 Å². The first-order chi connectivity index (χ1) is 8.16. The molecule has 0 bridgehead atoms. The molecule has 0 aliphatic carbocycles. The summed E-state index contributed by atoms with van der Waals surface area (Å²) in [5, 5.41) is 4.07. The van der Waals surface area contributed by atoms with Crippen molar-refractivity contribution in [1.82, 2.24) is 9.88 Å². The smallest absolute Gasteiger partial charge is 0.255 e. The fourth-order valence-corrected chi connectivity index (χ4v) is 2.20. The molecule has 2 heterocycles. The molecule has 0 aliphatic rings. The number of nitrogens with zero attached hydrogens (tertiary/aromatic N) is 2. The van der Waals surface area contributed by atoms with Crippen molar-refractivity contribution in [3.05, 3.63) is 52.0 Å². The van der Waals surface area contributed by atoms with Gasteiger partial charge in [0.15, 0.2) is 0 Å². The zero-order valence-electron chi connectivity index (χ0n) is 9.88. The summed E-state index contributed by atoms with van der Waals surface area (Å²) in [4.78, 5) is 17.9. The zero-order chi connectivity index (χ0) is 12.3. The molecule has 0 aliphatic heterocycles. The van der Waals surface area contributed by atoms with E-state index < -0.39 is 0 Å². The minimum atomic E-state index is 0.00343. The van der Waals surface area contributed by atoms with Gasteiger partial charge in [0.25, 0.3) is 5.91 Å². The molecule has 88 valence electrons. The van der Waals surface area contributed by atoms with E-state index in [-0.39, 0.29) is 5.91 Å². The number of carbonyl (C=O) groups is 1. The monoisotopic (exact) mass is 246 g/mol. The van der Waals surface area contributed by atoms with Crippen LogP contribution in [0.1, 0.15) is 21.6 Å². The second-order valence-corrected chi connectivity index (χ2v) is 4.76. The van der Waals surface area contributed by atoms with Crippen molar-refractivity contribution in [2.45, 2.75) is 13.5 Å². The molecule has 4 heteroatoms. The van der Waals surface area contributed by atoms with E-state index in [9.17, 15) is 4.79 Å². The fourth-order valence-electron chi connectivity index (χ4n) is 1.54. The van der Waals surface area contributed by atoms with Crippen molar-refractivity contribution in [2.24, 2.45) is 0 Å². The van der Waals surface area contributed by atoms with Gasteiger partial charge >= 0.3 is 0 Å². The number of rotatable bonds is 3. The van der Waals surface area contributed by atoms with Gasteiger partial charge < -0.3 is 4.90 Å². The molecule has 0 aromatic carbocycles. The molecule has 0 saturated carbocycles. The highest BCUT2D eigenvalue weighted by atomic mass is 32.1. The Labute approximate surface area is 105 Å². The minimum absolute atomic E-state index is 0.00343. The number of pyridine rings is 1. The van der Waals surface area contributed by atoms with Crippen LogP contribution in [0.25, 0.3) is 0 Å². The van der Waals surface area contributed by atoms with Crippen LogP contribution in [-0.4, -0.2) is 22.8 Å². The normalized spacial score (nSPS) is 10.2. The first kappa shape index (κ1) is 11.8. The maximum Gasteiger partial charge on any atom is 0.255 e. The summed E-state index contributed by atoms with van der Waals surface area (Å²) in [5.41, 5.74) is 2.71. The molecule has 17 heavy (non-hydrogen) atoms. The minimum Gasteiger partial charge on any atom is -0.337 e. The average Bonchev–Trinajstić information content (AvgIpc) is 2.82. The maximum atomic E-state index is 12.1. The fraction of sp³-hybridized carbons (Fsp3) is 0.231. The van der Waals surface area contributed by atoms with Crippen LogP contribution in [0.2, 0.25) is 0 Å². The molecule has 0 fully saturated rings. The van der Waals surface area contributed by atoms with Crippen molar-refractivity contribution >= 4 is 17.2 Å². The molecule has 0 saturated heterocycles. The van der Waals surface area contributed by atoms with Gasteiger partial charge in [0.05, 0.1) is 5.56 Å². The summed E-state index contributed by atoms with van der Waals surface area (Å²) in [6.45, 7) is 2.54. The van der Waals surface area contributed by atoms with E-state index in [1.54, 1.807) is 29.5 Å². The van der Waals surface area contributed by atoms with E-state index in [1.165, 1.54) is 0 Å². The van der Waals surface area contributed by atoms with Crippen molar-refractivity contribution in [2.75, 3.05) is 7.05 Å². The highest BCUT2D eigenvalue weighted by Crippen LogP contribution is 2.11. The van der Waals surface area contributed by atoms with Crippen molar-refractivity contribution in [1.29, 1.82) is 0 Å². The van der Waals surface area contributed by atoms with Crippen LogP contribution in [0.3, 0.4) is 0 Å². The number of aromatic nitrogens is 1. The maximum absolute atomic E-state index is 12.1. The van der Waals surface area contributed by atoms with Gasteiger partial charge in [-0.1, -0.05) is 0 Å². The van der Waals surface area contributed by atoms with E-state index in [0.717, 1.165) is 11.3 Å². The number of amides is 1. The summed E-state index contributed by atoms with van der Waals surface area (Å²) >= 11 is 1.64. The number of hydrogen-bond donors (Lipinski definition) is 0. The molecule has 2 aromatic rings. The van der Waals surface area contributed by atoms with Crippen molar-refractivity contribution in [3.63, 3.8) is 0 Å². The molecule has 3 nitrogen and oxygen atoms in total. The summed E-state index contributed by atoms with van der Waals surface area (Å²) in [6, 6.07) is 5.70. The Bertz CT molecular complexity index is 491. The lowest BCUT2D eigenvalue weighted by Crippen LogP contribution is -2.26. The lowest BCUT2D eigenvalue weighted by Gasteiger charge is -2.16. The molecule has 0 unspecified atom stereocenters. The second kappa shape index (κ2) is 5.10. The third-order valence-electron chi connectivity index (χ3n) is 2.50. The van der Waals surface area contributed by atoms with Gasteiger partial charge in [-0.3, -0.25) is 9.78 Å². The van der Waals surface area contributed by atoms with Crippen LogP contribution >= 0.6 is 11.3 Å². The third kappa shape index (κ3) is 2.91. The molecular formula is C13H14N2OS. The SMILES string of the molecule is Cc1ccc(C(=O)N(C)Cc2ccsc2)cn1. The van der Waals surface area contributed by atoms with Crippen LogP contribution in [0.5, 0.6) is 0 Å². The molecule has 0 spiro atoms. The van der Waals surface area contributed by atoms with E-state index in [4.69, 9.17) is 0 Å². The third-order valence-corrected chi connectivity index (χ3v) is 3.24. The lowest BCUT2D eigenvalue weighted by molar-refractivity contribution is 0.0785. The van der Waals surface area contributed by atoms with Gasteiger partial charge in [-0.2, -0.15) is 11.3 Å². The molecule has 1 amide bonds. The van der Waals surface area contributed by atoms with Gasteiger partial charge in [-0.15, -0.1) is 0 Å². The predicted octanol–water partition coefficient (Wildman–Crippen LogP) is 2.72. The summed E-state index contributed by atoms with van der Waals surface area (Å²) in [5.74, 6) is 0.00343. The van der Waals surface area contributed by atoms with E-state index in [1.807, 2.05) is 30.5 Å². The van der Waals surface area contributed by atoms with Crippen LogP contribution in [0.4, 0.5) is 0 Å². The van der Waals surface area contributed by atoms with Crippen molar-refractivity contribution < 1.29 is 4.79 Å². The second-order valence-electron chi connectivity index (χ2n) is 3.98. The van der Waals surface area contributed by atoms with E-state index >= 15 is 0 Å². The predicted molar refractivity (Wildman–Crippen MR) is 69.1 cm³/mol. The Morgan fingerprint density at radius 3 is 2.82 bits per heavy atom. The topological polar surface area (TPSA) is 33.2 Å². The van der Waals surface area contributed by atoms with E-state index in [2.05, 4.69) is 10.4 Å². The lowest BCUT2D eigenvalue weighted by atomic mass is 10.2. The Balaban J connectivity index is 2.07. The number of hydrogen-bond acceptors (Lipinski definition) is 3. The Kier molecular flexibility index (Phi) is 3.54. The van der Waals surface area contributed by atoms with Crippen LogP contribution in [-0.2, 0) is 6.54 Å². The van der Waals surface area contributed by atoms with Crippen LogP contribution in [0, 0.1) is 6.92 Å². The van der Waals surface area contributed by atoms with Crippen LogP contribution < -0.4 is 0 Å². The number of aryl methyl sites for hydroxylation is 1. The molecule has 2 aromatic heterocycles. The highest BCUT2D eigenvalue weighted by Gasteiger charge is 2.12. The summed E-state index contributed by atoms with van der Waals surface area (Å²) in [7, 11) is 1.81. The molecule has 0 radical (unpaired) electrons. The average molecular weight is 246 g/mol. The first-order valence-electron chi connectivity index (χ1n) is 5.36. The van der Waals surface area contributed by atoms with Gasteiger partial charge in [0.2, 0.25) is 0 Å². The van der Waals surface area contributed by atoms with E-state index in [0.29, 0.717) is 12.1 Å². The first-order valence-corrected chi connectivity index (χ1v) is 6.30. The molecular weight excluding hydrogens is 232 g/mol. The Morgan fingerprint density at radius 2 is 2.24 bits per heavy atom. The Hall–Kier alpha value is -1.68. The largest absolute Gasteiger partial charge is 0.337 e. The van der Waals surface area contributed by atoms with Gasteiger partial charge in [0, 0.05) is 25.5 Å².